The van der Waals surface area contributed by atoms with Gasteiger partial charge in [0, 0.05) is 6.04 Å². The Morgan fingerprint density at radius 3 is 1.24 bits per heavy atom. The molecule has 0 saturated carbocycles. The lowest BCUT2D eigenvalue weighted by molar-refractivity contribution is 0.226. The summed E-state index contributed by atoms with van der Waals surface area (Å²) in [5.74, 6) is 0. The van der Waals surface area contributed by atoms with Crippen molar-refractivity contribution in [1.29, 1.82) is 0 Å². The normalized spacial score (nSPS) is 25.8. The van der Waals surface area contributed by atoms with Crippen LogP contribution in [0.2, 0.25) is 30.2 Å². The van der Waals surface area contributed by atoms with Crippen molar-refractivity contribution in [2.75, 3.05) is 0 Å². The second-order valence-corrected chi connectivity index (χ2v) is 17.2. The molecule has 1 aliphatic heterocycles. The predicted molar refractivity (Wildman–Crippen MR) is 78.8 cm³/mol. The molecule has 0 aliphatic carbocycles. The van der Waals surface area contributed by atoms with E-state index in [0.29, 0.717) is 0 Å². The van der Waals surface area contributed by atoms with Gasteiger partial charge < -0.3 is 12.3 Å². The molecular formula is C10H25ClO3Si3. The highest BCUT2D eigenvalue weighted by Gasteiger charge is 2.59. The van der Waals surface area contributed by atoms with Crippen molar-refractivity contribution in [3.63, 3.8) is 0 Å². The zero-order valence-electron chi connectivity index (χ0n) is 11.6. The van der Waals surface area contributed by atoms with Crippen molar-refractivity contribution in [1.82, 2.24) is 0 Å². The first-order valence-corrected chi connectivity index (χ1v) is 14.2. The fourth-order valence-electron chi connectivity index (χ4n) is 2.18. The predicted octanol–water partition coefficient (Wildman–Crippen LogP) is 4.21. The largest absolute Gasteiger partial charge is 0.425 e. The fraction of sp³-hybridized carbons (Fsp3) is 1.00. The van der Waals surface area contributed by atoms with E-state index < -0.39 is 25.0 Å². The molecule has 0 atom stereocenters. The van der Waals surface area contributed by atoms with Gasteiger partial charge in [0.15, 0.2) is 0 Å². The fourth-order valence-corrected chi connectivity index (χ4v) is 20.3. The number of halogens is 1. The molecule has 1 fully saturated rings. The zero-order chi connectivity index (χ0) is 13.2. The lowest BCUT2D eigenvalue weighted by Crippen LogP contribution is -2.67. The molecule has 0 amide bonds. The smallest absolute Gasteiger partial charge is 0.415 e. The number of hydrogen-bond acceptors (Lipinski definition) is 3. The highest BCUT2D eigenvalue weighted by Crippen LogP contribution is 2.41. The third-order valence-corrected chi connectivity index (χ3v) is 19.4. The van der Waals surface area contributed by atoms with Crippen molar-refractivity contribution in [3.8, 4) is 0 Å². The summed E-state index contributed by atoms with van der Waals surface area (Å²) in [7, 11) is -6.69. The lowest BCUT2D eigenvalue weighted by Gasteiger charge is -2.50. The van der Waals surface area contributed by atoms with E-state index >= 15 is 0 Å². The summed E-state index contributed by atoms with van der Waals surface area (Å²) in [6, 6.07) is 4.71. The summed E-state index contributed by atoms with van der Waals surface area (Å²) in [4.78, 5) is 0. The maximum absolute atomic E-state index is 6.63. The van der Waals surface area contributed by atoms with E-state index in [1.54, 1.807) is 0 Å². The van der Waals surface area contributed by atoms with Gasteiger partial charge in [-0.2, -0.15) is 0 Å². The highest BCUT2D eigenvalue weighted by atomic mass is 35.6. The minimum absolute atomic E-state index is 0.807. The molecule has 1 rings (SSSR count). The topological polar surface area (TPSA) is 27.7 Å². The van der Waals surface area contributed by atoms with Crippen molar-refractivity contribution < 1.29 is 12.3 Å². The van der Waals surface area contributed by atoms with Crippen molar-refractivity contribution in [3.05, 3.63) is 0 Å². The molecule has 1 heterocycles. The Hall–Kier alpha value is 0.821. The van der Waals surface area contributed by atoms with Gasteiger partial charge in [-0.05, 0) is 24.2 Å². The molecule has 102 valence electrons. The van der Waals surface area contributed by atoms with E-state index in [4.69, 9.17) is 23.4 Å². The molecule has 1 aliphatic rings. The Morgan fingerprint density at radius 2 is 1.00 bits per heavy atom. The second-order valence-electron chi connectivity index (χ2n) is 4.56. The van der Waals surface area contributed by atoms with Crippen LogP contribution < -0.4 is 0 Å². The van der Waals surface area contributed by atoms with E-state index in [1.807, 2.05) is 0 Å². The molecule has 3 nitrogen and oxygen atoms in total. The van der Waals surface area contributed by atoms with Crippen molar-refractivity contribution in [2.24, 2.45) is 0 Å². The summed E-state index contributed by atoms with van der Waals surface area (Å²) >= 11 is 6.63. The number of rotatable bonds is 5. The average molecular weight is 313 g/mol. The van der Waals surface area contributed by atoms with Crippen LogP contribution in [0.5, 0.6) is 0 Å². The van der Waals surface area contributed by atoms with Gasteiger partial charge >= 0.3 is 25.0 Å². The van der Waals surface area contributed by atoms with E-state index in [9.17, 15) is 0 Å². The minimum atomic E-state index is -2.49. The molecule has 0 bridgehead atoms. The molecule has 0 radical (unpaired) electrons. The molecule has 7 heteroatoms. The van der Waals surface area contributed by atoms with Crippen molar-refractivity contribution in [2.45, 2.75) is 64.8 Å². The first-order valence-electron chi connectivity index (χ1n) is 6.72. The van der Waals surface area contributed by atoms with Crippen molar-refractivity contribution >= 4 is 36.1 Å². The highest BCUT2D eigenvalue weighted by molar-refractivity contribution is 7.19. The molecule has 1 saturated heterocycles. The third kappa shape index (κ3) is 3.23. The van der Waals surface area contributed by atoms with Gasteiger partial charge in [0.05, 0.1) is 0 Å². The van der Waals surface area contributed by atoms with E-state index in [2.05, 4.69) is 34.6 Å². The standard InChI is InChI=1S/C10H25ClO3Si3/c1-6-15(7-2)12-16(8-3,9-4)14-17(11,10-5)13-15/h6-10H2,1-5H3. The molecule has 0 aromatic carbocycles. The summed E-state index contributed by atoms with van der Waals surface area (Å²) in [5.41, 5.74) is 0. The molecule has 0 spiro atoms. The Morgan fingerprint density at radius 1 is 0.647 bits per heavy atom. The Kier molecular flexibility index (Phi) is 5.47. The molecule has 0 unspecified atom stereocenters. The maximum Gasteiger partial charge on any atom is 0.425 e. The quantitative estimate of drug-likeness (QED) is 0.562. The van der Waals surface area contributed by atoms with E-state index in [0.717, 1.165) is 30.2 Å². The SMILES string of the molecule is CC[Si]1(Cl)O[Si](CC)(CC)O[Si](CC)(CC)O1. The summed E-state index contributed by atoms with van der Waals surface area (Å²) in [6.45, 7) is 10.7. The van der Waals surface area contributed by atoms with Gasteiger partial charge in [-0.15, -0.1) is 11.1 Å². The van der Waals surface area contributed by atoms with Crippen LogP contribution in [0.25, 0.3) is 0 Å². The number of hydrogen-bond donors (Lipinski definition) is 0. The van der Waals surface area contributed by atoms with Crippen LogP contribution in [-0.2, 0) is 12.3 Å². The van der Waals surface area contributed by atoms with Gasteiger partial charge in [-0.3, -0.25) is 0 Å². The maximum atomic E-state index is 6.63. The third-order valence-electron chi connectivity index (χ3n) is 3.63. The van der Waals surface area contributed by atoms with Crippen LogP contribution >= 0.6 is 11.1 Å². The second kappa shape index (κ2) is 5.85. The first-order chi connectivity index (χ1) is 7.92. The first kappa shape index (κ1) is 15.9. The Balaban J connectivity index is 3.06. The summed E-state index contributed by atoms with van der Waals surface area (Å²) in [6.07, 6.45) is 0. The van der Waals surface area contributed by atoms with Crippen LogP contribution in [0.15, 0.2) is 0 Å². The Labute approximate surface area is 113 Å². The van der Waals surface area contributed by atoms with E-state index in [-0.39, 0.29) is 0 Å². The van der Waals surface area contributed by atoms with Gasteiger partial charge in [0.2, 0.25) is 0 Å². The van der Waals surface area contributed by atoms with Gasteiger partial charge in [-0.25, -0.2) is 0 Å². The van der Waals surface area contributed by atoms with Crippen LogP contribution in [0.3, 0.4) is 0 Å². The molecule has 0 aromatic rings. The van der Waals surface area contributed by atoms with Crippen LogP contribution in [0.4, 0.5) is 0 Å². The van der Waals surface area contributed by atoms with Gasteiger partial charge in [-0.1, -0.05) is 34.6 Å². The minimum Gasteiger partial charge on any atom is -0.415 e. The molecule has 0 N–H and O–H groups in total. The molecule has 17 heavy (non-hydrogen) atoms. The molecular weight excluding hydrogens is 288 g/mol. The van der Waals surface area contributed by atoms with Gasteiger partial charge in [0.25, 0.3) is 0 Å². The average Bonchev–Trinajstić information content (AvgIpc) is 2.37. The van der Waals surface area contributed by atoms with Crippen LogP contribution in [0, 0.1) is 0 Å². The van der Waals surface area contributed by atoms with Crippen LogP contribution in [0.1, 0.15) is 34.6 Å². The van der Waals surface area contributed by atoms with Crippen LogP contribution in [-0.4, -0.2) is 25.0 Å². The summed E-state index contributed by atoms with van der Waals surface area (Å²) < 4.78 is 18.8. The van der Waals surface area contributed by atoms with E-state index in [1.165, 1.54) is 0 Å². The lowest BCUT2D eigenvalue weighted by atomic mass is 10.9. The zero-order valence-corrected chi connectivity index (χ0v) is 15.4. The summed E-state index contributed by atoms with van der Waals surface area (Å²) in [5, 5.41) is 0. The monoisotopic (exact) mass is 312 g/mol. The van der Waals surface area contributed by atoms with Gasteiger partial charge in [0.1, 0.15) is 0 Å². The molecule has 0 aromatic heterocycles. The Bertz CT molecular complexity index is 237.